The molecule has 2 rings (SSSR count). The van der Waals surface area contributed by atoms with Crippen LogP contribution in [0.5, 0.6) is 0 Å². The Morgan fingerprint density at radius 1 is 1.10 bits per heavy atom. The van der Waals surface area contributed by atoms with Gasteiger partial charge < -0.3 is 4.90 Å². The Morgan fingerprint density at radius 3 is 2.20 bits per heavy atom. The van der Waals surface area contributed by atoms with Crippen LogP contribution in [0.15, 0.2) is 42.5 Å². The molecular weight excluding hydrogens is 270 g/mol. The van der Waals surface area contributed by atoms with Crippen molar-refractivity contribution in [1.82, 2.24) is 0 Å². The van der Waals surface area contributed by atoms with Crippen molar-refractivity contribution >= 4 is 28.8 Å². The number of nitrogens with zero attached hydrogens (tertiary/aromatic N) is 1. The molecule has 0 heterocycles. The highest BCUT2D eigenvalue weighted by molar-refractivity contribution is 6.34. The molecule has 0 aromatic heterocycles. The Hall–Kier alpha value is -1.80. The van der Waals surface area contributed by atoms with E-state index in [1.165, 1.54) is 12.5 Å². The summed E-state index contributed by atoms with van der Waals surface area (Å²) in [6.45, 7) is 3.66. The van der Waals surface area contributed by atoms with Gasteiger partial charge in [0.15, 0.2) is 5.78 Å². The van der Waals surface area contributed by atoms with Crippen molar-refractivity contribution in [2.24, 2.45) is 0 Å². The normalized spacial score (nSPS) is 10.4. The Kier molecular flexibility index (Phi) is 4.46. The molecular formula is C17H18ClNO. The fourth-order valence-electron chi connectivity index (χ4n) is 2.10. The zero-order valence-electron chi connectivity index (χ0n) is 12.0. The Labute approximate surface area is 125 Å². The van der Waals surface area contributed by atoms with E-state index in [1.807, 2.05) is 19.2 Å². The zero-order chi connectivity index (χ0) is 14.7. The molecule has 0 aliphatic heterocycles. The average Bonchev–Trinajstić information content (AvgIpc) is 2.46. The van der Waals surface area contributed by atoms with Gasteiger partial charge in [-0.2, -0.15) is 0 Å². The molecule has 0 amide bonds. The van der Waals surface area contributed by atoms with Gasteiger partial charge in [-0.15, -0.1) is 0 Å². The van der Waals surface area contributed by atoms with Crippen molar-refractivity contribution in [2.45, 2.75) is 20.3 Å². The number of rotatable bonds is 4. The average molecular weight is 288 g/mol. The minimum atomic E-state index is -0.0171. The number of aryl methyl sites for hydroxylation is 1. The number of benzene rings is 2. The number of halogens is 1. The Balaban J connectivity index is 2.30. The van der Waals surface area contributed by atoms with E-state index in [0.29, 0.717) is 10.6 Å². The number of hydrogen-bond donors (Lipinski definition) is 0. The van der Waals surface area contributed by atoms with E-state index in [1.54, 1.807) is 6.07 Å². The fraction of sp³-hybridized carbons (Fsp3) is 0.235. The monoisotopic (exact) mass is 287 g/mol. The van der Waals surface area contributed by atoms with Crippen molar-refractivity contribution in [3.8, 4) is 0 Å². The maximum Gasteiger partial charge on any atom is 0.161 e. The molecule has 0 aliphatic carbocycles. The largest absolute Gasteiger partial charge is 0.345 e. The van der Waals surface area contributed by atoms with Crippen LogP contribution in [0.25, 0.3) is 0 Å². The number of ketones is 1. The van der Waals surface area contributed by atoms with Crippen LogP contribution in [0.2, 0.25) is 5.02 Å². The van der Waals surface area contributed by atoms with Gasteiger partial charge in [-0.1, -0.05) is 30.7 Å². The summed E-state index contributed by atoms with van der Waals surface area (Å²) in [6, 6.07) is 13.9. The molecule has 3 heteroatoms. The molecule has 0 radical (unpaired) electrons. The molecule has 0 spiro atoms. The third-order valence-electron chi connectivity index (χ3n) is 3.45. The van der Waals surface area contributed by atoms with Crippen LogP contribution in [-0.4, -0.2) is 12.8 Å². The number of Topliss-reactive ketones (excluding diaryl/α,β-unsaturated/α-hetero) is 1. The summed E-state index contributed by atoms with van der Waals surface area (Å²) in [5.41, 5.74) is 3.93. The van der Waals surface area contributed by atoms with Crippen molar-refractivity contribution in [1.29, 1.82) is 0 Å². The maximum atomic E-state index is 11.4. The fourth-order valence-corrected chi connectivity index (χ4v) is 2.41. The van der Waals surface area contributed by atoms with Crippen LogP contribution in [0, 0.1) is 0 Å². The number of carbonyl (C=O) groups is 1. The standard InChI is InChI=1S/C17H18ClNO/c1-4-13-5-7-14(8-6-13)19(3)15-9-10-16(12(2)20)17(18)11-15/h5-11H,4H2,1-3H3. The second-order valence-corrected chi connectivity index (χ2v) is 5.21. The van der Waals surface area contributed by atoms with Crippen LogP contribution in [0.3, 0.4) is 0 Å². The SMILES string of the molecule is CCc1ccc(N(C)c2ccc(C(C)=O)c(Cl)c2)cc1. The summed E-state index contributed by atoms with van der Waals surface area (Å²) in [4.78, 5) is 13.4. The maximum absolute atomic E-state index is 11.4. The lowest BCUT2D eigenvalue weighted by Crippen LogP contribution is -2.09. The molecule has 2 aromatic carbocycles. The van der Waals surface area contributed by atoms with Crippen molar-refractivity contribution in [3.63, 3.8) is 0 Å². The number of carbonyl (C=O) groups excluding carboxylic acids is 1. The van der Waals surface area contributed by atoms with Crippen LogP contribution < -0.4 is 4.90 Å². The number of anilines is 2. The van der Waals surface area contributed by atoms with E-state index in [0.717, 1.165) is 17.8 Å². The minimum Gasteiger partial charge on any atom is -0.345 e. The first-order valence-electron chi connectivity index (χ1n) is 6.66. The molecule has 0 atom stereocenters. The topological polar surface area (TPSA) is 20.3 Å². The highest BCUT2D eigenvalue weighted by Crippen LogP contribution is 2.28. The molecule has 2 nitrogen and oxygen atoms in total. The quantitative estimate of drug-likeness (QED) is 0.748. The van der Waals surface area contributed by atoms with E-state index in [4.69, 9.17) is 11.6 Å². The molecule has 0 aliphatic rings. The highest BCUT2D eigenvalue weighted by atomic mass is 35.5. The van der Waals surface area contributed by atoms with E-state index in [-0.39, 0.29) is 5.78 Å². The summed E-state index contributed by atoms with van der Waals surface area (Å²) in [5.74, 6) is -0.0171. The first kappa shape index (κ1) is 14.6. The summed E-state index contributed by atoms with van der Waals surface area (Å²) in [5, 5.41) is 0.493. The minimum absolute atomic E-state index is 0.0171. The molecule has 104 valence electrons. The van der Waals surface area contributed by atoms with E-state index < -0.39 is 0 Å². The van der Waals surface area contributed by atoms with Crippen molar-refractivity contribution in [3.05, 3.63) is 58.6 Å². The van der Waals surface area contributed by atoms with Crippen LogP contribution in [0.1, 0.15) is 29.8 Å². The predicted octanol–water partition coefficient (Wildman–Crippen LogP) is 4.87. The third kappa shape index (κ3) is 3.02. The van der Waals surface area contributed by atoms with Gasteiger partial charge in [-0.25, -0.2) is 0 Å². The van der Waals surface area contributed by atoms with E-state index in [9.17, 15) is 4.79 Å². The molecule has 0 saturated carbocycles. The summed E-state index contributed by atoms with van der Waals surface area (Å²) < 4.78 is 0. The predicted molar refractivity (Wildman–Crippen MR) is 85.3 cm³/mol. The molecule has 0 bridgehead atoms. The van der Waals surface area contributed by atoms with Gasteiger partial charge in [0.2, 0.25) is 0 Å². The lowest BCUT2D eigenvalue weighted by Gasteiger charge is -2.20. The molecule has 0 unspecified atom stereocenters. The van der Waals surface area contributed by atoms with Crippen LogP contribution in [0.4, 0.5) is 11.4 Å². The third-order valence-corrected chi connectivity index (χ3v) is 3.76. The van der Waals surface area contributed by atoms with Gasteiger partial charge >= 0.3 is 0 Å². The van der Waals surface area contributed by atoms with Crippen LogP contribution in [-0.2, 0) is 6.42 Å². The zero-order valence-corrected chi connectivity index (χ0v) is 12.7. The van der Waals surface area contributed by atoms with E-state index >= 15 is 0 Å². The number of hydrogen-bond acceptors (Lipinski definition) is 2. The first-order valence-corrected chi connectivity index (χ1v) is 7.04. The lowest BCUT2D eigenvalue weighted by molar-refractivity contribution is 0.101. The molecule has 0 N–H and O–H groups in total. The highest BCUT2D eigenvalue weighted by Gasteiger charge is 2.09. The van der Waals surface area contributed by atoms with Gasteiger partial charge in [0.05, 0.1) is 5.02 Å². The van der Waals surface area contributed by atoms with Gasteiger partial charge in [0, 0.05) is 24.0 Å². The van der Waals surface area contributed by atoms with Gasteiger partial charge in [-0.05, 0) is 49.2 Å². The summed E-state index contributed by atoms with van der Waals surface area (Å²) in [7, 11) is 1.99. The van der Waals surface area contributed by atoms with Crippen molar-refractivity contribution < 1.29 is 4.79 Å². The Morgan fingerprint density at radius 2 is 1.70 bits per heavy atom. The second kappa shape index (κ2) is 6.10. The molecule has 0 fully saturated rings. The van der Waals surface area contributed by atoms with Gasteiger partial charge in [0.1, 0.15) is 0 Å². The summed E-state index contributed by atoms with van der Waals surface area (Å²) in [6.07, 6.45) is 1.03. The summed E-state index contributed by atoms with van der Waals surface area (Å²) >= 11 is 6.16. The Bertz CT molecular complexity index is 619. The molecule has 0 saturated heterocycles. The first-order chi connectivity index (χ1) is 9.52. The second-order valence-electron chi connectivity index (χ2n) is 4.80. The lowest BCUT2D eigenvalue weighted by atomic mass is 10.1. The van der Waals surface area contributed by atoms with Crippen LogP contribution >= 0.6 is 11.6 Å². The smallest absolute Gasteiger partial charge is 0.161 e. The van der Waals surface area contributed by atoms with Gasteiger partial charge in [-0.3, -0.25) is 4.79 Å². The molecule has 2 aromatic rings. The molecule has 20 heavy (non-hydrogen) atoms. The van der Waals surface area contributed by atoms with E-state index in [2.05, 4.69) is 36.1 Å². The van der Waals surface area contributed by atoms with Crippen molar-refractivity contribution in [2.75, 3.05) is 11.9 Å². The van der Waals surface area contributed by atoms with Gasteiger partial charge in [0.25, 0.3) is 0 Å².